The second-order valence-corrected chi connectivity index (χ2v) is 22.3. The van der Waals surface area contributed by atoms with Crippen LogP contribution in [0.1, 0.15) is 115 Å². The number of hydroxylamine groups is 1. The second kappa shape index (κ2) is 21.3. The smallest absolute Gasteiger partial charge is 0.268 e. The third kappa shape index (κ3) is 11.5. The van der Waals surface area contributed by atoms with E-state index in [-0.39, 0.29) is 62.8 Å². The summed E-state index contributed by atoms with van der Waals surface area (Å²) >= 11 is 0. The molecule has 2 aliphatic heterocycles. The van der Waals surface area contributed by atoms with Gasteiger partial charge in [0.05, 0.1) is 36.3 Å². The molecule has 3 fully saturated rings. The first-order chi connectivity index (χ1) is 34.4. The van der Waals surface area contributed by atoms with E-state index < -0.39 is 32.4 Å². The minimum atomic E-state index is -4.56. The lowest BCUT2D eigenvalue weighted by Gasteiger charge is -2.48. The largest absolute Gasteiger partial charge is 0.629 e. The summed E-state index contributed by atoms with van der Waals surface area (Å²) in [6.45, 7) is 13.1. The summed E-state index contributed by atoms with van der Waals surface area (Å²) in [6, 6.07) is 22.4. The summed E-state index contributed by atoms with van der Waals surface area (Å²) in [5.41, 5.74) is 5.12. The summed E-state index contributed by atoms with van der Waals surface area (Å²) in [4.78, 5) is 29.8. The maximum Gasteiger partial charge on any atom is 0.268 e. The average molecular weight is 1010 g/mol. The number of hydrogen-bond donors (Lipinski definition) is 4. The second-order valence-electron chi connectivity index (χ2n) is 20.7. The highest BCUT2D eigenvalue weighted by molar-refractivity contribution is 7.90. The van der Waals surface area contributed by atoms with Gasteiger partial charge in [0.15, 0.2) is 11.5 Å². The van der Waals surface area contributed by atoms with E-state index in [9.17, 15) is 32.3 Å². The van der Waals surface area contributed by atoms with Crippen LogP contribution in [0.5, 0.6) is 11.5 Å². The minimum absolute atomic E-state index is 0.0488. The van der Waals surface area contributed by atoms with E-state index in [1.165, 1.54) is 48.6 Å². The normalized spacial score (nSPS) is 21.6. The van der Waals surface area contributed by atoms with E-state index in [4.69, 9.17) is 4.74 Å². The molecule has 4 N–H and O–H groups in total. The Bertz CT molecular complexity index is 2930. The van der Waals surface area contributed by atoms with E-state index in [0.29, 0.717) is 62.6 Å². The first kappa shape index (κ1) is 51.1. The molecular weight excluding hydrogens is 939 g/mol. The van der Waals surface area contributed by atoms with E-state index in [1.807, 2.05) is 19.1 Å². The lowest BCUT2D eigenvalue weighted by molar-refractivity contribution is -0.751. The van der Waals surface area contributed by atoms with Crippen molar-refractivity contribution < 1.29 is 36.9 Å². The Kier molecular flexibility index (Phi) is 15.1. The molecule has 0 spiro atoms. The minimum Gasteiger partial charge on any atom is -0.629 e. The number of halogens is 2. The number of ether oxygens (including phenoxy) is 1. The molecule has 2 aromatic heterocycles. The molecule has 17 heteroatoms. The Morgan fingerprint density at radius 2 is 1.74 bits per heavy atom. The molecule has 9 rings (SSSR count). The third-order valence-electron chi connectivity index (χ3n) is 15.1. The van der Waals surface area contributed by atoms with Gasteiger partial charge in [-0.05, 0) is 117 Å². The van der Waals surface area contributed by atoms with E-state index in [2.05, 4.69) is 72.8 Å². The Morgan fingerprint density at radius 1 is 0.972 bits per heavy atom. The molecule has 14 nitrogen and oxygen atoms in total. The molecule has 4 heterocycles. The highest BCUT2D eigenvalue weighted by Gasteiger charge is 2.37. The number of sulfonamides is 1. The SMILES string of the molecule is Cc1ccc(CN2CCN(C3CCN(c4ccc(C(=O)NS(=O)(=O)c5cnc(NC[C@H]6CC[C@](C)(O)CC6)c([NH+](C)[O-])c5)c(Oc5cnc6c(c5)C(F)=CC6)c4)CC3)C(c3ccccc3C(C)C)C2)cc1F. The number of pyridine rings is 2. The zero-order chi connectivity index (χ0) is 50.9. The van der Waals surface area contributed by atoms with Crippen molar-refractivity contribution in [3.63, 3.8) is 0 Å². The number of hydrogen-bond acceptors (Lipinski definition) is 12. The molecule has 1 saturated carbocycles. The average Bonchev–Trinajstić information content (AvgIpc) is 3.73. The van der Waals surface area contributed by atoms with Crippen molar-refractivity contribution in [2.75, 3.05) is 56.5 Å². The van der Waals surface area contributed by atoms with Gasteiger partial charge in [0.2, 0.25) is 0 Å². The van der Waals surface area contributed by atoms with Crippen molar-refractivity contribution in [1.82, 2.24) is 24.5 Å². The van der Waals surface area contributed by atoms with Crippen LogP contribution in [0.2, 0.25) is 0 Å². The van der Waals surface area contributed by atoms with Crippen LogP contribution < -0.4 is 24.7 Å². The molecule has 2 unspecified atom stereocenters. The number of allylic oxidation sites excluding steroid dienone is 1. The molecule has 1 amide bonds. The fourth-order valence-electron chi connectivity index (χ4n) is 10.8. The predicted octanol–water partition coefficient (Wildman–Crippen LogP) is 8.35. The van der Waals surface area contributed by atoms with Crippen LogP contribution >= 0.6 is 0 Å². The summed E-state index contributed by atoms with van der Waals surface area (Å²) in [5.74, 6) is -0.555. The van der Waals surface area contributed by atoms with Gasteiger partial charge < -0.3 is 30.3 Å². The molecular formula is C55H66F2N8O6S. The Balaban J connectivity index is 0.933. The quantitative estimate of drug-likeness (QED) is 0.0742. The number of nitrogens with zero attached hydrogens (tertiary/aromatic N) is 5. The Hall–Kier alpha value is -5.82. The number of benzene rings is 3. The lowest BCUT2D eigenvalue weighted by Crippen LogP contribution is -2.98. The number of aliphatic hydroxyl groups is 1. The standard InChI is InChI=1S/C55H66F2N8O6S/c1-35(2)43-8-6-7-9-44(43)51-34-63(33-38-11-10-36(3)48(57)26-38)24-25-65(51)39-18-22-64(23-19-39)40-12-13-45(52(27-40)71-41-28-46-47(56)14-15-49(46)58-31-41)54(66)61-72(69,70)42-29-50(62(5)68)53(60-32-42)59-30-37-16-20-55(4,67)21-17-37/h6-14,26-29,31-32,35,37,39,51,62,67H,15-25,30,33-34H2,1-5H3,(H,59,60)(H,61,66)/t37-,51?,55-. The number of aromatic nitrogens is 2. The fourth-order valence-corrected chi connectivity index (χ4v) is 11.7. The lowest BCUT2D eigenvalue weighted by atomic mass is 9.80. The molecule has 72 heavy (non-hydrogen) atoms. The Labute approximate surface area is 421 Å². The van der Waals surface area contributed by atoms with Crippen molar-refractivity contribution in [3.8, 4) is 11.5 Å². The predicted molar refractivity (Wildman–Crippen MR) is 275 cm³/mol. The van der Waals surface area contributed by atoms with Gasteiger partial charge in [0.25, 0.3) is 15.9 Å². The van der Waals surface area contributed by atoms with Crippen molar-refractivity contribution >= 4 is 38.9 Å². The number of carbonyl (C=O) groups is 1. The van der Waals surface area contributed by atoms with Crippen LogP contribution in [-0.4, -0.2) is 97.2 Å². The van der Waals surface area contributed by atoms with Gasteiger partial charge in [-0.25, -0.2) is 26.9 Å². The van der Waals surface area contributed by atoms with Crippen LogP contribution in [0.3, 0.4) is 0 Å². The van der Waals surface area contributed by atoms with E-state index in [1.54, 1.807) is 25.1 Å². The molecule has 3 aromatic carbocycles. The number of piperazine rings is 1. The summed E-state index contributed by atoms with van der Waals surface area (Å²) in [5, 5.41) is 26.0. The van der Waals surface area contributed by atoms with E-state index >= 15 is 0 Å². The van der Waals surface area contributed by atoms with Crippen LogP contribution in [-0.2, 0) is 23.0 Å². The van der Waals surface area contributed by atoms with Crippen molar-refractivity contribution in [2.45, 2.75) is 108 Å². The van der Waals surface area contributed by atoms with Gasteiger partial charge in [-0.2, -0.15) is 0 Å². The first-order valence-corrected chi connectivity index (χ1v) is 26.7. The zero-order valence-electron chi connectivity index (χ0n) is 41.8. The van der Waals surface area contributed by atoms with Crippen molar-refractivity contribution in [2.24, 2.45) is 5.92 Å². The molecule has 2 aliphatic carbocycles. The molecule has 5 aromatic rings. The molecule has 0 radical (unpaired) electrons. The number of aryl methyl sites for hydroxylation is 1. The monoisotopic (exact) mass is 1000 g/mol. The number of anilines is 2. The number of quaternary nitrogens is 1. The zero-order valence-corrected chi connectivity index (χ0v) is 42.6. The van der Waals surface area contributed by atoms with Gasteiger partial charge in [-0.1, -0.05) is 50.2 Å². The van der Waals surface area contributed by atoms with Gasteiger partial charge >= 0.3 is 0 Å². The van der Waals surface area contributed by atoms with Gasteiger partial charge in [-0.15, -0.1) is 0 Å². The fraction of sp³-hybridized carbons (Fsp3) is 0.436. The molecule has 382 valence electrons. The van der Waals surface area contributed by atoms with Crippen LogP contribution in [0.25, 0.3) is 5.83 Å². The van der Waals surface area contributed by atoms with E-state index in [0.717, 1.165) is 62.8 Å². The van der Waals surface area contributed by atoms with Gasteiger partial charge in [-0.3, -0.25) is 19.6 Å². The van der Waals surface area contributed by atoms with Crippen LogP contribution in [0, 0.1) is 23.9 Å². The number of amides is 1. The van der Waals surface area contributed by atoms with Crippen LogP contribution in [0.4, 0.5) is 26.0 Å². The summed E-state index contributed by atoms with van der Waals surface area (Å²) < 4.78 is 65.8. The molecule has 4 aliphatic rings. The maximum absolute atomic E-state index is 14.8. The van der Waals surface area contributed by atoms with Gasteiger partial charge in [0, 0.05) is 87.7 Å². The highest BCUT2D eigenvalue weighted by atomic mass is 32.2. The summed E-state index contributed by atoms with van der Waals surface area (Å²) in [7, 11) is -3.24. The number of piperidine rings is 1. The first-order valence-electron chi connectivity index (χ1n) is 25.2. The van der Waals surface area contributed by atoms with Crippen LogP contribution in [0.15, 0.2) is 96.2 Å². The Morgan fingerprint density at radius 3 is 2.47 bits per heavy atom. The molecule has 0 bridgehead atoms. The van der Waals surface area contributed by atoms with Crippen molar-refractivity contribution in [3.05, 3.63) is 141 Å². The number of carbonyl (C=O) groups excluding carboxylic acids is 1. The summed E-state index contributed by atoms with van der Waals surface area (Å²) in [6.07, 6.45) is 8.97. The molecule has 2 saturated heterocycles. The molecule has 2 atom stereocenters. The highest BCUT2D eigenvalue weighted by Crippen LogP contribution is 2.39. The number of fused-ring (bicyclic) bond motifs is 1. The topological polar surface area (TPSA) is 168 Å². The third-order valence-corrected chi connectivity index (χ3v) is 16.4. The number of rotatable bonds is 15. The maximum atomic E-state index is 14.8. The number of nitrogens with one attached hydrogen (secondary N) is 3. The van der Waals surface area contributed by atoms with Gasteiger partial charge in [0.1, 0.15) is 28.0 Å². The van der Waals surface area contributed by atoms with Crippen molar-refractivity contribution in [1.29, 1.82) is 0 Å².